The highest BCUT2D eigenvalue weighted by Crippen LogP contribution is 2.32. The predicted molar refractivity (Wildman–Crippen MR) is 94.0 cm³/mol. The summed E-state index contributed by atoms with van der Waals surface area (Å²) in [6.45, 7) is 15.8. The average molecular weight is 280 g/mol. The van der Waals surface area contributed by atoms with Crippen LogP contribution < -0.4 is 0 Å². The van der Waals surface area contributed by atoms with Crippen LogP contribution in [0.15, 0.2) is 42.5 Å². The van der Waals surface area contributed by atoms with Crippen LogP contribution in [0.25, 0.3) is 11.1 Å². The van der Waals surface area contributed by atoms with Gasteiger partial charge >= 0.3 is 0 Å². The molecule has 2 rings (SSSR count). The van der Waals surface area contributed by atoms with Crippen molar-refractivity contribution >= 4 is 0 Å². The normalized spacial score (nSPS) is 12.5. The summed E-state index contributed by atoms with van der Waals surface area (Å²) >= 11 is 0. The summed E-state index contributed by atoms with van der Waals surface area (Å²) in [7, 11) is 0. The lowest BCUT2D eigenvalue weighted by Crippen LogP contribution is -2.11. The van der Waals surface area contributed by atoms with Crippen LogP contribution in [0, 0.1) is 6.92 Å². The molecule has 0 bridgehead atoms. The van der Waals surface area contributed by atoms with Crippen molar-refractivity contribution in [3.05, 3.63) is 59.2 Å². The van der Waals surface area contributed by atoms with E-state index in [2.05, 4.69) is 90.9 Å². The number of benzene rings is 2. The fourth-order valence-electron chi connectivity index (χ4n) is 2.61. The van der Waals surface area contributed by atoms with Gasteiger partial charge in [-0.25, -0.2) is 0 Å². The summed E-state index contributed by atoms with van der Waals surface area (Å²) in [6.07, 6.45) is 0. The lowest BCUT2D eigenvalue weighted by Gasteiger charge is -2.22. The minimum Gasteiger partial charge on any atom is -0.0614 e. The maximum atomic E-state index is 2.33. The Labute approximate surface area is 130 Å². The standard InChI is InChI=1S/C21H28/c1-15-13-18(21(5,6)7)11-12-19(15)16-9-8-10-17(14-16)20(2,3)4/h8-14H,1-7H3. The molecule has 0 heterocycles. The van der Waals surface area contributed by atoms with Gasteiger partial charge in [0.1, 0.15) is 0 Å². The molecular weight excluding hydrogens is 252 g/mol. The molecule has 0 aromatic heterocycles. The third-order valence-electron chi connectivity index (χ3n) is 4.13. The number of hydrogen-bond acceptors (Lipinski definition) is 0. The Morgan fingerprint density at radius 3 is 1.76 bits per heavy atom. The molecule has 0 N–H and O–H groups in total. The second kappa shape index (κ2) is 5.33. The van der Waals surface area contributed by atoms with Crippen molar-refractivity contribution in [3.8, 4) is 11.1 Å². The molecule has 0 aliphatic carbocycles. The van der Waals surface area contributed by atoms with Crippen LogP contribution in [-0.4, -0.2) is 0 Å². The van der Waals surface area contributed by atoms with Gasteiger partial charge in [0.05, 0.1) is 0 Å². The highest BCUT2D eigenvalue weighted by atomic mass is 14.2. The quantitative estimate of drug-likeness (QED) is 0.578. The molecule has 21 heavy (non-hydrogen) atoms. The van der Waals surface area contributed by atoms with E-state index in [1.165, 1.54) is 27.8 Å². The first-order valence-electron chi connectivity index (χ1n) is 7.81. The lowest BCUT2D eigenvalue weighted by molar-refractivity contribution is 0.590. The van der Waals surface area contributed by atoms with Gasteiger partial charge in [-0.2, -0.15) is 0 Å². The molecule has 2 aromatic carbocycles. The van der Waals surface area contributed by atoms with Crippen molar-refractivity contribution in [1.29, 1.82) is 0 Å². The van der Waals surface area contributed by atoms with E-state index in [1.807, 2.05) is 0 Å². The Morgan fingerprint density at radius 1 is 0.667 bits per heavy atom. The number of rotatable bonds is 1. The van der Waals surface area contributed by atoms with Crippen LogP contribution in [0.3, 0.4) is 0 Å². The molecule has 0 radical (unpaired) electrons. The van der Waals surface area contributed by atoms with Gasteiger partial charge in [0.2, 0.25) is 0 Å². The lowest BCUT2D eigenvalue weighted by atomic mass is 9.83. The molecule has 0 spiro atoms. The van der Waals surface area contributed by atoms with Gasteiger partial charge in [-0.3, -0.25) is 0 Å². The molecule has 0 amide bonds. The zero-order valence-electron chi connectivity index (χ0n) is 14.5. The molecule has 112 valence electrons. The van der Waals surface area contributed by atoms with E-state index in [4.69, 9.17) is 0 Å². The number of hydrogen-bond donors (Lipinski definition) is 0. The van der Waals surface area contributed by atoms with Crippen LogP contribution in [-0.2, 0) is 10.8 Å². The molecule has 0 aliphatic rings. The monoisotopic (exact) mass is 280 g/mol. The molecule has 0 heteroatoms. The first-order chi connectivity index (χ1) is 9.59. The zero-order valence-corrected chi connectivity index (χ0v) is 14.5. The second-order valence-corrected chi connectivity index (χ2v) is 8.11. The van der Waals surface area contributed by atoms with Crippen molar-refractivity contribution in [3.63, 3.8) is 0 Å². The molecule has 0 unspecified atom stereocenters. The summed E-state index contributed by atoms with van der Waals surface area (Å²) in [4.78, 5) is 0. The van der Waals surface area contributed by atoms with Gasteiger partial charge in [0.25, 0.3) is 0 Å². The number of aryl methyl sites for hydroxylation is 1. The molecule has 0 nitrogen and oxygen atoms in total. The average Bonchev–Trinajstić information content (AvgIpc) is 2.36. The summed E-state index contributed by atoms with van der Waals surface area (Å²) in [5, 5.41) is 0. The molecule has 0 aliphatic heterocycles. The molecule has 0 saturated carbocycles. The minimum absolute atomic E-state index is 0.190. The van der Waals surface area contributed by atoms with Crippen molar-refractivity contribution < 1.29 is 0 Å². The van der Waals surface area contributed by atoms with Crippen molar-refractivity contribution in [2.75, 3.05) is 0 Å². The second-order valence-electron chi connectivity index (χ2n) is 8.11. The summed E-state index contributed by atoms with van der Waals surface area (Å²) < 4.78 is 0. The predicted octanol–water partition coefficient (Wildman–Crippen LogP) is 6.26. The summed E-state index contributed by atoms with van der Waals surface area (Å²) in [6, 6.07) is 15.8. The van der Waals surface area contributed by atoms with E-state index in [0.717, 1.165) is 0 Å². The Bertz CT molecular complexity index is 634. The topological polar surface area (TPSA) is 0 Å². The van der Waals surface area contributed by atoms with E-state index in [0.29, 0.717) is 0 Å². The van der Waals surface area contributed by atoms with Crippen molar-refractivity contribution in [2.45, 2.75) is 59.3 Å². The van der Waals surface area contributed by atoms with Gasteiger partial charge in [0.15, 0.2) is 0 Å². The minimum atomic E-state index is 0.190. The van der Waals surface area contributed by atoms with Crippen LogP contribution in [0.5, 0.6) is 0 Å². The third-order valence-corrected chi connectivity index (χ3v) is 4.13. The maximum Gasteiger partial charge on any atom is -0.0132 e. The van der Waals surface area contributed by atoms with E-state index < -0.39 is 0 Å². The molecule has 2 aromatic rings. The van der Waals surface area contributed by atoms with Gasteiger partial charge in [-0.15, -0.1) is 0 Å². The van der Waals surface area contributed by atoms with Crippen LogP contribution in [0.1, 0.15) is 58.2 Å². The third kappa shape index (κ3) is 3.56. The fraction of sp³-hybridized carbons (Fsp3) is 0.429. The van der Waals surface area contributed by atoms with E-state index in [-0.39, 0.29) is 10.8 Å². The van der Waals surface area contributed by atoms with Gasteiger partial charge < -0.3 is 0 Å². The van der Waals surface area contributed by atoms with Crippen LogP contribution in [0.2, 0.25) is 0 Å². The van der Waals surface area contributed by atoms with Gasteiger partial charge in [0, 0.05) is 0 Å². The van der Waals surface area contributed by atoms with Crippen LogP contribution >= 0.6 is 0 Å². The summed E-state index contributed by atoms with van der Waals surface area (Å²) in [5.41, 5.74) is 7.20. The van der Waals surface area contributed by atoms with E-state index in [9.17, 15) is 0 Å². The van der Waals surface area contributed by atoms with Gasteiger partial charge in [-0.05, 0) is 45.6 Å². The van der Waals surface area contributed by atoms with Crippen molar-refractivity contribution in [2.24, 2.45) is 0 Å². The highest BCUT2D eigenvalue weighted by molar-refractivity contribution is 5.68. The highest BCUT2D eigenvalue weighted by Gasteiger charge is 2.16. The molecule has 0 atom stereocenters. The smallest absolute Gasteiger partial charge is 0.0132 e. The Morgan fingerprint density at radius 2 is 1.24 bits per heavy atom. The molecular formula is C21H28. The van der Waals surface area contributed by atoms with Gasteiger partial charge in [-0.1, -0.05) is 84.0 Å². The Kier molecular flexibility index (Phi) is 4.02. The van der Waals surface area contributed by atoms with Crippen LogP contribution in [0.4, 0.5) is 0 Å². The first kappa shape index (κ1) is 15.8. The van der Waals surface area contributed by atoms with Crippen molar-refractivity contribution in [1.82, 2.24) is 0 Å². The Balaban J connectivity index is 2.48. The molecule has 0 fully saturated rings. The fourth-order valence-corrected chi connectivity index (χ4v) is 2.61. The SMILES string of the molecule is Cc1cc(C(C)(C)C)ccc1-c1cccc(C(C)(C)C)c1. The Hall–Kier alpha value is -1.56. The summed E-state index contributed by atoms with van der Waals surface area (Å²) in [5.74, 6) is 0. The zero-order chi connectivity index (χ0) is 15.8. The maximum absolute atomic E-state index is 2.33. The van der Waals surface area contributed by atoms with E-state index >= 15 is 0 Å². The molecule has 0 saturated heterocycles. The largest absolute Gasteiger partial charge is 0.0614 e. The first-order valence-corrected chi connectivity index (χ1v) is 7.81. The van der Waals surface area contributed by atoms with E-state index in [1.54, 1.807) is 0 Å².